The van der Waals surface area contributed by atoms with Gasteiger partial charge in [-0.15, -0.1) is 10.2 Å². The largest absolute Gasteiger partial charge is 0.451 e. The van der Waals surface area contributed by atoms with Crippen LogP contribution in [0.25, 0.3) is 0 Å². The quantitative estimate of drug-likeness (QED) is 0.865. The maximum Gasteiger partial charge on any atom is 0.451 e. The summed E-state index contributed by atoms with van der Waals surface area (Å²) >= 11 is 0.833. The van der Waals surface area contributed by atoms with Crippen molar-refractivity contribution in [1.82, 2.24) is 19.9 Å². The molecule has 0 unspecified atom stereocenters. The van der Waals surface area contributed by atoms with Crippen LogP contribution in [-0.4, -0.2) is 31.6 Å². The van der Waals surface area contributed by atoms with Crippen LogP contribution < -0.4 is 5.32 Å². The Morgan fingerprint density at radius 3 is 2.71 bits per heavy atom. The number of hydrogen-bond acceptors (Lipinski definition) is 6. The highest BCUT2D eigenvalue weighted by atomic mass is 32.2. The molecule has 2 heterocycles. The summed E-state index contributed by atoms with van der Waals surface area (Å²) < 4.78 is 43.1. The lowest BCUT2D eigenvalue weighted by atomic mass is 10.5. The zero-order chi connectivity index (χ0) is 15.6. The molecule has 0 saturated carbocycles. The Morgan fingerprint density at radius 2 is 2.19 bits per heavy atom. The van der Waals surface area contributed by atoms with Crippen LogP contribution >= 0.6 is 11.8 Å². The molecule has 1 amide bonds. The Bertz CT molecular complexity index is 651. The van der Waals surface area contributed by atoms with Gasteiger partial charge in [-0.05, 0) is 6.92 Å². The minimum atomic E-state index is -4.58. The molecule has 0 bridgehead atoms. The van der Waals surface area contributed by atoms with Crippen LogP contribution in [0.2, 0.25) is 0 Å². The van der Waals surface area contributed by atoms with Crippen molar-refractivity contribution in [2.45, 2.75) is 18.3 Å². The number of thioether (sulfide) groups is 1. The van der Waals surface area contributed by atoms with E-state index >= 15 is 0 Å². The van der Waals surface area contributed by atoms with E-state index in [2.05, 4.69) is 20.7 Å². The molecule has 0 atom stereocenters. The van der Waals surface area contributed by atoms with Gasteiger partial charge in [-0.25, -0.2) is 0 Å². The van der Waals surface area contributed by atoms with Crippen molar-refractivity contribution < 1.29 is 22.5 Å². The number of amides is 1. The molecule has 0 aliphatic carbocycles. The molecule has 0 spiro atoms. The van der Waals surface area contributed by atoms with Crippen molar-refractivity contribution >= 4 is 23.6 Å². The van der Waals surface area contributed by atoms with Gasteiger partial charge in [0.05, 0.1) is 11.4 Å². The van der Waals surface area contributed by atoms with Gasteiger partial charge in [0.1, 0.15) is 0 Å². The maximum atomic E-state index is 12.5. The molecule has 0 radical (unpaired) electrons. The molecule has 0 saturated heterocycles. The third-order valence-corrected chi connectivity index (χ3v) is 3.33. The highest BCUT2D eigenvalue weighted by Gasteiger charge is 2.37. The number of aryl methyl sites for hydroxylation is 1. The van der Waals surface area contributed by atoms with Gasteiger partial charge in [-0.1, -0.05) is 16.9 Å². The molecule has 2 aromatic rings. The van der Waals surface area contributed by atoms with Gasteiger partial charge in [0.15, 0.2) is 5.16 Å². The number of nitrogens with zero attached hydrogens (tertiary/aromatic N) is 4. The average Bonchev–Trinajstić information content (AvgIpc) is 2.92. The lowest BCUT2D eigenvalue weighted by Crippen LogP contribution is -2.15. The van der Waals surface area contributed by atoms with E-state index in [0.717, 1.165) is 16.3 Å². The summed E-state index contributed by atoms with van der Waals surface area (Å²) in [6, 6.07) is 1.52. The van der Waals surface area contributed by atoms with Crippen LogP contribution in [0.4, 0.5) is 19.1 Å². The summed E-state index contributed by atoms with van der Waals surface area (Å²) in [5.74, 6) is -1.53. The van der Waals surface area contributed by atoms with Crippen molar-refractivity contribution in [1.29, 1.82) is 0 Å². The van der Waals surface area contributed by atoms with E-state index in [0.29, 0.717) is 5.69 Å². The highest BCUT2D eigenvalue weighted by Crippen LogP contribution is 2.29. The third kappa shape index (κ3) is 3.74. The van der Waals surface area contributed by atoms with E-state index in [-0.39, 0.29) is 16.8 Å². The number of hydrogen-bond donors (Lipinski definition) is 1. The maximum absolute atomic E-state index is 12.5. The summed E-state index contributed by atoms with van der Waals surface area (Å²) in [6.45, 7) is 1.69. The molecule has 2 aromatic heterocycles. The molecule has 1 N–H and O–H groups in total. The lowest BCUT2D eigenvalue weighted by Gasteiger charge is -2.06. The molecule has 7 nitrogen and oxygen atoms in total. The zero-order valence-corrected chi connectivity index (χ0v) is 11.7. The Balaban J connectivity index is 1.94. The number of aromatic nitrogens is 4. The monoisotopic (exact) mass is 321 g/mol. The van der Waals surface area contributed by atoms with E-state index in [1.807, 2.05) is 0 Å². The van der Waals surface area contributed by atoms with E-state index in [9.17, 15) is 18.0 Å². The van der Waals surface area contributed by atoms with Crippen LogP contribution in [0.1, 0.15) is 11.5 Å². The van der Waals surface area contributed by atoms with Gasteiger partial charge >= 0.3 is 6.18 Å². The number of rotatable bonds is 4. The Kier molecular flexibility index (Phi) is 4.21. The molecule has 0 aromatic carbocycles. The lowest BCUT2D eigenvalue weighted by molar-refractivity contribution is -0.147. The number of nitrogens with one attached hydrogen (secondary N) is 1. The highest BCUT2D eigenvalue weighted by molar-refractivity contribution is 7.99. The second-order valence-corrected chi connectivity index (χ2v) is 4.97. The first-order valence-corrected chi connectivity index (χ1v) is 6.58. The molecular formula is C10H10F3N5O2S. The smallest absolute Gasteiger partial charge is 0.338 e. The first-order chi connectivity index (χ1) is 9.77. The number of alkyl halides is 3. The van der Waals surface area contributed by atoms with Gasteiger partial charge in [0.25, 0.3) is 0 Å². The van der Waals surface area contributed by atoms with E-state index in [1.165, 1.54) is 13.1 Å². The van der Waals surface area contributed by atoms with Crippen LogP contribution in [0, 0.1) is 6.92 Å². The average molecular weight is 321 g/mol. The summed E-state index contributed by atoms with van der Waals surface area (Å²) in [6.07, 6.45) is -4.58. The molecule has 0 aliphatic rings. The van der Waals surface area contributed by atoms with E-state index in [4.69, 9.17) is 4.52 Å². The topological polar surface area (TPSA) is 85.8 Å². The fourth-order valence-electron chi connectivity index (χ4n) is 1.41. The normalized spacial score (nSPS) is 11.7. The summed E-state index contributed by atoms with van der Waals surface area (Å²) in [5, 5.41) is 12.5. The van der Waals surface area contributed by atoms with E-state index in [1.54, 1.807) is 6.92 Å². The molecular weight excluding hydrogens is 311 g/mol. The van der Waals surface area contributed by atoms with Crippen LogP contribution in [0.15, 0.2) is 15.7 Å². The van der Waals surface area contributed by atoms with Gasteiger partial charge < -0.3 is 9.09 Å². The van der Waals surface area contributed by atoms with Crippen molar-refractivity contribution in [3.8, 4) is 0 Å². The predicted octanol–water partition coefficient (Wildman–Crippen LogP) is 1.86. The summed E-state index contributed by atoms with van der Waals surface area (Å²) in [4.78, 5) is 11.6. The molecule has 2 rings (SSSR count). The summed E-state index contributed by atoms with van der Waals surface area (Å²) in [7, 11) is 1.18. The zero-order valence-electron chi connectivity index (χ0n) is 10.9. The SMILES string of the molecule is Cc1cc(NC(=O)CSc2nnc(C(F)(F)F)n2C)on1. The first-order valence-electron chi connectivity index (χ1n) is 5.60. The third-order valence-electron chi connectivity index (χ3n) is 2.31. The molecule has 114 valence electrons. The standard InChI is InChI=1S/C10H10F3N5O2S/c1-5-3-7(20-17-5)14-6(19)4-21-9-16-15-8(18(9)2)10(11,12)13/h3H,4H2,1-2H3,(H,14,19). The van der Waals surface area contributed by atoms with E-state index < -0.39 is 17.9 Å². The second kappa shape index (κ2) is 5.76. The molecule has 0 aliphatic heterocycles. The first kappa shape index (κ1) is 15.4. The van der Waals surface area contributed by atoms with Crippen LogP contribution in [0.5, 0.6) is 0 Å². The number of anilines is 1. The van der Waals surface area contributed by atoms with Gasteiger partial charge in [0, 0.05) is 13.1 Å². The van der Waals surface area contributed by atoms with Crippen LogP contribution in [0.3, 0.4) is 0 Å². The van der Waals surface area contributed by atoms with Crippen molar-refractivity contribution in [3.05, 3.63) is 17.6 Å². The van der Waals surface area contributed by atoms with Gasteiger partial charge in [-0.3, -0.25) is 10.1 Å². The molecule has 21 heavy (non-hydrogen) atoms. The Morgan fingerprint density at radius 1 is 1.48 bits per heavy atom. The molecule has 0 fully saturated rings. The van der Waals surface area contributed by atoms with Gasteiger partial charge in [-0.2, -0.15) is 13.2 Å². The van der Waals surface area contributed by atoms with Crippen LogP contribution in [-0.2, 0) is 18.0 Å². The minimum absolute atomic E-state index is 0.00812. The predicted molar refractivity (Wildman–Crippen MR) is 66.6 cm³/mol. The van der Waals surface area contributed by atoms with Crippen molar-refractivity contribution in [2.24, 2.45) is 7.05 Å². The fourth-order valence-corrected chi connectivity index (χ4v) is 2.12. The minimum Gasteiger partial charge on any atom is -0.338 e. The number of carbonyl (C=O) groups is 1. The van der Waals surface area contributed by atoms with Crippen molar-refractivity contribution in [2.75, 3.05) is 11.1 Å². The Labute approximate surface area is 120 Å². The van der Waals surface area contributed by atoms with Gasteiger partial charge in [0.2, 0.25) is 17.6 Å². The fraction of sp³-hybridized carbons (Fsp3) is 0.400. The second-order valence-electron chi connectivity index (χ2n) is 4.03. The number of carbonyl (C=O) groups excluding carboxylic acids is 1. The van der Waals surface area contributed by atoms with Crippen molar-refractivity contribution in [3.63, 3.8) is 0 Å². The molecule has 11 heteroatoms. The summed E-state index contributed by atoms with van der Waals surface area (Å²) in [5.41, 5.74) is 0.598. The Hall–Kier alpha value is -2.04. The number of halogens is 3.